The number of hydrogen-bond donors (Lipinski definition) is 2. The van der Waals surface area contributed by atoms with Gasteiger partial charge in [-0.15, -0.1) is 0 Å². The summed E-state index contributed by atoms with van der Waals surface area (Å²) < 4.78 is 1.36. The van der Waals surface area contributed by atoms with Crippen LogP contribution in [0.5, 0.6) is 0 Å². The van der Waals surface area contributed by atoms with Gasteiger partial charge in [0, 0.05) is 24.5 Å². The van der Waals surface area contributed by atoms with Crippen LogP contribution in [0, 0.1) is 6.92 Å². The lowest BCUT2D eigenvalue weighted by atomic mass is 10.1. The standard InChI is InChI=1S/C14H18N4O2/c1-9-4-5-18-11(6-9)16-7-10(13(18)20)12(19)17-8-14(2,3)15/h4-7H,8,15H2,1-3H3,(H,17,19). The fourth-order valence-corrected chi connectivity index (χ4v) is 1.74. The van der Waals surface area contributed by atoms with E-state index in [0.717, 1.165) is 5.56 Å². The molecule has 2 aromatic heterocycles. The Kier molecular flexibility index (Phi) is 3.59. The average molecular weight is 274 g/mol. The van der Waals surface area contributed by atoms with Crippen LogP contribution in [0.1, 0.15) is 29.8 Å². The Labute approximate surface area is 116 Å². The summed E-state index contributed by atoms with van der Waals surface area (Å²) in [5.74, 6) is -0.462. The van der Waals surface area contributed by atoms with Gasteiger partial charge in [0.1, 0.15) is 11.2 Å². The summed E-state index contributed by atoms with van der Waals surface area (Å²) in [6.45, 7) is 5.78. The van der Waals surface area contributed by atoms with Gasteiger partial charge >= 0.3 is 0 Å². The summed E-state index contributed by atoms with van der Waals surface area (Å²) in [4.78, 5) is 28.4. The van der Waals surface area contributed by atoms with Gasteiger partial charge in [-0.3, -0.25) is 14.0 Å². The predicted octanol–water partition coefficient (Wildman–Crippen LogP) is 0.470. The van der Waals surface area contributed by atoms with Crippen LogP contribution in [0.25, 0.3) is 5.65 Å². The number of pyridine rings is 1. The minimum atomic E-state index is -0.534. The number of nitrogens with two attached hydrogens (primary N) is 1. The first-order valence-electron chi connectivity index (χ1n) is 6.33. The van der Waals surface area contributed by atoms with Crippen LogP contribution in [0.2, 0.25) is 0 Å². The SMILES string of the molecule is Cc1ccn2c(=O)c(C(=O)NCC(C)(C)N)cnc2c1. The van der Waals surface area contributed by atoms with E-state index >= 15 is 0 Å². The number of hydrogen-bond acceptors (Lipinski definition) is 4. The first-order chi connectivity index (χ1) is 9.28. The lowest BCUT2D eigenvalue weighted by Gasteiger charge is -2.18. The van der Waals surface area contributed by atoms with Crippen molar-refractivity contribution in [2.75, 3.05) is 6.54 Å². The maximum atomic E-state index is 12.2. The summed E-state index contributed by atoms with van der Waals surface area (Å²) in [6.07, 6.45) is 2.92. The Hall–Kier alpha value is -2.21. The fraction of sp³-hybridized carbons (Fsp3) is 0.357. The molecule has 2 heterocycles. The van der Waals surface area contributed by atoms with Gasteiger partial charge in [0.05, 0.1) is 0 Å². The molecule has 6 heteroatoms. The molecule has 6 nitrogen and oxygen atoms in total. The molecule has 3 N–H and O–H groups in total. The Morgan fingerprint density at radius 2 is 2.20 bits per heavy atom. The number of amides is 1. The van der Waals surface area contributed by atoms with Crippen molar-refractivity contribution in [1.82, 2.24) is 14.7 Å². The second-order valence-electron chi connectivity index (χ2n) is 5.58. The average Bonchev–Trinajstić information content (AvgIpc) is 2.35. The van der Waals surface area contributed by atoms with Crippen molar-refractivity contribution in [2.45, 2.75) is 26.3 Å². The number of nitrogens with one attached hydrogen (secondary N) is 1. The highest BCUT2D eigenvalue weighted by atomic mass is 16.2. The van der Waals surface area contributed by atoms with Gasteiger partial charge in [0.25, 0.3) is 11.5 Å². The van der Waals surface area contributed by atoms with E-state index in [9.17, 15) is 9.59 Å². The molecule has 20 heavy (non-hydrogen) atoms. The largest absolute Gasteiger partial charge is 0.350 e. The van der Waals surface area contributed by atoms with Crippen LogP contribution >= 0.6 is 0 Å². The molecule has 0 atom stereocenters. The molecule has 0 aliphatic heterocycles. The van der Waals surface area contributed by atoms with Crippen LogP contribution in [0.3, 0.4) is 0 Å². The van der Waals surface area contributed by atoms with Crippen LogP contribution < -0.4 is 16.6 Å². The van der Waals surface area contributed by atoms with E-state index in [-0.39, 0.29) is 17.7 Å². The van der Waals surface area contributed by atoms with Crippen molar-refractivity contribution < 1.29 is 4.79 Å². The van der Waals surface area contributed by atoms with E-state index in [4.69, 9.17) is 5.73 Å². The Morgan fingerprint density at radius 1 is 1.50 bits per heavy atom. The van der Waals surface area contributed by atoms with Crippen LogP contribution in [0.4, 0.5) is 0 Å². The number of carbonyl (C=O) groups is 1. The van der Waals surface area contributed by atoms with Gasteiger partial charge in [-0.2, -0.15) is 0 Å². The molecule has 0 saturated carbocycles. The third-order valence-electron chi connectivity index (χ3n) is 2.81. The lowest BCUT2D eigenvalue weighted by molar-refractivity contribution is 0.0944. The van der Waals surface area contributed by atoms with Crippen molar-refractivity contribution in [1.29, 1.82) is 0 Å². The minimum Gasteiger partial charge on any atom is -0.350 e. The maximum absolute atomic E-state index is 12.2. The lowest BCUT2D eigenvalue weighted by Crippen LogP contribution is -2.46. The second kappa shape index (κ2) is 5.05. The number of fused-ring (bicyclic) bond motifs is 1. The number of aryl methyl sites for hydroxylation is 1. The third kappa shape index (κ3) is 3.03. The maximum Gasteiger partial charge on any atom is 0.270 e. The van der Waals surface area contributed by atoms with Crippen LogP contribution in [-0.4, -0.2) is 27.4 Å². The zero-order chi connectivity index (χ0) is 14.9. The molecule has 0 unspecified atom stereocenters. The van der Waals surface area contributed by atoms with E-state index in [0.29, 0.717) is 5.65 Å². The quantitative estimate of drug-likeness (QED) is 0.851. The van der Waals surface area contributed by atoms with E-state index in [2.05, 4.69) is 10.3 Å². The normalized spacial score (nSPS) is 11.6. The van der Waals surface area contributed by atoms with Gasteiger partial charge in [0.2, 0.25) is 0 Å². The molecule has 0 aromatic carbocycles. The third-order valence-corrected chi connectivity index (χ3v) is 2.81. The number of rotatable bonds is 3. The van der Waals surface area contributed by atoms with E-state index in [1.165, 1.54) is 10.6 Å². The number of aromatic nitrogens is 2. The molecule has 0 saturated heterocycles. The monoisotopic (exact) mass is 274 g/mol. The van der Waals surface area contributed by atoms with Crippen LogP contribution in [-0.2, 0) is 0 Å². The summed E-state index contributed by atoms with van der Waals surface area (Å²) >= 11 is 0. The highest BCUT2D eigenvalue weighted by Gasteiger charge is 2.16. The van der Waals surface area contributed by atoms with Crippen molar-refractivity contribution in [3.05, 3.63) is 46.0 Å². The van der Waals surface area contributed by atoms with E-state index in [1.54, 1.807) is 32.2 Å². The smallest absolute Gasteiger partial charge is 0.270 e. The molecule has 2 rings (SSSR count). The molecular formula is C14H18N4O2. The molecule has 0 aliphatic rings. The first-order valence-corrected chi connectivity index (χ1v) is 6.33. The van der Waals surface area contributed by atoms with Gasteiger partial charge in [-0.05, 0) is 38.5 Å². The Balaban J connectivity index is 2.36. The summed E-state index contributed by atoms with van der Waals surface area (Å²) in [7, 11) is 0. The fourth-order valence-electron chi connectivity index (χ4n) is 1.74. The molecule has 0 spiro atoms. The zero-order valence-corrected chi connectivity index (χ0v) is 11.8. The topological polar surface area (TPSA) is 89.5 Å². The summed E-state index contributed by atoms with van der Waals surface area (Å²) in [5.41, 5.74) is 6.40. The first kappa shape index (κ1) is 14.2. The van der Waals surface area contributed by atoms with Crippen molar-refractivity contribution in [2.24, 2.45) is 5.73 Å². The highest BCUT2D eigenvalue weighted by molar-refractivity contribution is 5.93. The minimum absolute atomic E-state index is 0.00982. The molecular weight excluding hydrogens is 256 g/mol. The number of carbonyl (C=O) groups excluding carboxylic acids is 1. The van der Waals surface area contributed by atoms with Gasteiger partial charge < -0.3 is 11.1 Å². The van der Waals surface area contributed by atoms with Crippen LogP contribution in [0.15, 0.2) is 29.3 Å². The Morgan fingerprint density at radius 3 is 2.85 bits per heavy atom. The van der Waals surface area contributed by atoms with Gasteiger partial charge in [-0.1, -0.05) is 0 Å². The molecule has 2 aromatic rings. The summed E-state index contributed by atoms with van der Waals surface area (Å²) in [5, 5.41) is 2.64. The number of nitrogens with zero attached hydrogens (tertiary/aromatic N) is 2. The van der Waals surface area contributed by atoms with Crippen molar-refractivity contribution in [3.63, 3.8) is 0 Å². The van der Waals surface area contributed by atoms with E-state index in [1.807, 2.05) is 6.92 Å². The molecule has 1 amide bonds. The molecule has 106 valence electrons. The van der Waals surface area contributed by atoms with E-state index < -0.39 is 11.4 Å². The molecule has 0 aliphatic carbocycles. The van der Waals surface area contributed by atoms with Gasteiger partial charge in [-0.25, -0.2) is 4.98 Å². The predicted molar refractivity (Wildman–Crippen MR) is 76.8 cm³/mol. The molecule has 0 radical (unpaired) electrons. The highest BCUT2D eigenvalue weighted by Crippen LogP contribution is 2.02. The van der Waals surface area contributed by atoms with Gasteiger partial charge in [0.15, 0.2) is 0 Å². The van der Waals surface area contributed by atoms with Crippen molar-refractivity contribution in [3.8, 4) is 0 Å². The second-order valence-corrected chi connectivity index (χ2v) is 5.58. The molecule has 0 bridgehead atoms. The summed E-state index contributed by atoms with van der Waals surface area (Å²) in [6, 6.07) is 3.58. The molecule has 0 fully saturated rings. The Bertz CT molecular complexity index is 713. The zero-order valence-electron chi connectivity index (χ0n) is 11.8. The van der Waals surface area contributed by atoms with Crippen molar-refractivity contribution >= 4 is 11.6 Å².